The third-order valence-electron chi connectivity index (χ3n) is 2.85. The van der Waals surface area contributed by atoms with E-state index in [1.165, 1.54) is 0 Å². The van der Waals surface area contributed by atoms with Crippen LogP contribution in [0.5, 0.6) is 0 Å². The molecule has 1 aromatic heterocycles. The molecule has 0 radical (unpaired) electrons. The van der Waals surface area contributed by atoms with Gasteiger partial charge in [-0.25, -0.2) is 9.97 Å². The quantitative estimate of drug-likeness (QED) is 0.794. The summed E-state index contributed by atoms with van der Waals surface area (Å²) in [5.74, 6) is 0.817. The molecule has 1 aromatic rings. The van der Waals surface area contributed by atoms with E-state index < -0.39 is 0 Å². The molecule has 0 aromatic carbocycles. The molecule has 1 rings (SSSR count). The molecule has 0 amide bonds. The van der Waals surface area contributed by atoms with Crippen LogP contribution in [0.4, 0.5) is 5.95 Å². The van der Waals surface area contributed by atoms with Gasteiger partial charge in [0.15, 0.2) is 0 Å². The highest BCUT2D eigenvalue weighted by molar-refractivity contribution is 5.31. The average molecular weight is 222 g/mol. The van der Waals surface area contributed by atoms with E-state index in [9.17, 15) is 0 Å². The van der Waals surface area contributed by atoms with E-state index in [0.717, 1.165) is 30.9 Å². The highest BCUT2D eigenvalue weighted by Crippen LogP contribution is 2.12. The van der Waals surface area contributed by atoms with Gasteiger partial charge in [0.2, 0.25) is 5.95 Å². The molecule has 16 heavy (non-hydrogen) atoms. The highest BCUT2D eigenvalue weighted by atomic mass is 15.3. The monoisotopic (exact) mass is 222 g/mol. The van der Waals surface area contributed by atoms with Crippen LogP contribution in [-0.2, 0) is 6.42 Å². The van der Waals surface area contributed by atoms with Gasteiger partial charge in [-0.15, -0.1) is 0 Å². The first-order chi connectivity index (χ1) is 7.72. The first kappa shape index (κ1) is 12.9. The largest absolute Gasteiger partial charge is 0.338 e. The van der Waals surface area contributed by atoms with E-state index in [0.29, 0.717) is 12.6 Å². The van der Waals surface area contributed by atoms with Crippen molar-refractivity contribution in [3.8, 4) is 0 Å². The fourth-order valence-corrected chi connectivity index (χ4v) is 1.66. The van der Waals surface area contributed by atoms with Crippen molar-refractivity contribution in [1.82, 2.24) is 9.97 Å². The molecule has 1 atom stereocenters. The maximum atomic E-state index is 5.49. The Balaban J connectivity index is 2.78. The molecule has 1 heterocycles. The lowest BCUT2D eigenvalue weighted by Crippen LogP contribution is -2.33. The SMILES string of the molecule is CCC(C)N(CC)c1ncc(CCN)cn1. The summed E-state index contributed by atoms with van der Waals surface area (Å²) in [5.41, 5.74) is 6.59. The Morgan fingerprint density at radius 1 is 1.31 bits per heavy atom. The Labute approximate surface area is 97.9 Å². The van der Waals surface area contributed by atoms with E-state index in [2.05, 4.69) is 35.6 Å². The Hall–Kier alpha value is -1.16. The topological polar surface area (TPSA) is 55.0 Å². The molecule has 1 unspecified atom stereocenters. The van der Waals surface area contributed by atoms with Crippen molar-refractivity contribution in [2.75, 3.05) is 18.0 Å². The molecule has 0 spiro atoms. The minimum absolute atomic E-state index is 0.477. The van der Waals surface area contributed by atoms with Crippen molar-refractivity contribution in [3.05, 3.63) is 18.0 Å². The van der Waals surface area contributed by atoms with Crippen molar-refractivity contribution < 1.29 is 0 Å². The third-order valence-corrected chi connectivity index (χ3v) is 2.85. The summed E-state index contributed by atoms with van der Waals surface area (Å²) < 4.78 is 0. The summed E-state index contributed by atoms with van der Waals surface area (Å²) >= 11 is 0. The molecule has 4 heteroatoms. The summed E-state index contributed by atoms with van der Waals surface area (Å²) in [4.78, 5) is 11.0. The number of rotatable bonds is 6. The number of anilines is 1. The van der Waals surface area contributed by atoms with Gasteiger partial charge < -0.3 is 10.6 Å². The second-order valence-corrected chi connectivity index (χ2v) is 3.97. The molecule has 0 saturated heterocycles. The second kappa shape index (κ2) is 6.43. The van der Waals surface area contributed by atoms with Gasteiger partial charge in [0.05, 0.1) is 0 Å². The predicted octanol–water partition coefficient (Wildman–Crippen LogP) is 1.60. The first-order valence-electron chi connectivity index (χ1n) is 6.00. The summed E-state index contributed by atoms with van der Waals surface area (Å²) in [6.45, 7) is 8.08. The van der Waals surface area contributed by atoms with Gasteiger partial charge in [-0.05, 0) is 38.8 Å². The Morgan fingerprint density at radius 3 is 2.38 bits per heavy atom. The van der Waals surface area contributed by atoms with E-state index in [-0.39, 0.29) is 0 Å². The smallest absolute Gasteiger partial charge is 0.225 e. The van der Waals surface area contributed by atoms with Crippen molar-refractivity contribution in [3.63, 3.8) is 0 Å². The predicted molar refractivity (Wildman–Crippen MR) is 67.6 cm³/mol. The van der Waals surface area contributed by atoms with Crippen LogP contribution in [0.3, 0.4) is 0 Å². The van der Waals surface area contributed by atoms with Crippen LogP contribution >= 0.6 is 0 Å². The summed E-state index contributed by atoms with van der Waals surface area (Å²) in [6, 6.07) is 0.477. The van der Waals surface area contributed by atoms with Crippen molar-refractivity contribution in [2.24, 2.45) is 5.73 Å². The van der Waals surface area contributed by atoms with Crippen LogP contribution in [0.15, 0.2) is 12.4 Å². The van der Waals surface area contributed by atoms with Gasteiger partial charge in [0.1, 0.15) is 0 Å². The molecule has 2 N–H and O–H groups in total. The molecule has 0 bridgehead atoms. The van der Waals surface area contributed by atoms with Gasteiger partial charge in [-0.1, -0.05) is 6.92 Å². The van der Waals surface area contributed by atoms with Gasteiger partial charge in [0.25, 0.3) is 0 Å². The third kappa shape index (κ3) is 3.17. The van der Waals surface area contributed by atoms with Crippen molar-refractivity contribution in [2.45, 2.75) is 39.7 Å². The van der Waals surface area contributed by atoms with Crippen LogP contribution < -0.4 is 10.6 Å². The molecule has 0 fully saturated rings. The fourth-order valence-electron chi connectivity index (χ4n) is 1.66. The normalized spacial score (nSPS) is 12.5. The van der Waals surface area contributed by atoms with Crippen molar-refractivity contribution in [1.29, 1.82) is 0 Å². The minimum Gasteiger partial charge on any atom is -0.338 e. The maximum Gasteiger partial charge on any atom is 0.225 e. The van der Waals surface area contributed by atoms with Crippen LogP contribution in [-0.4, -0.2) is 29.1 Å². The lowest BCUT2D eigenvalue weighted by Gasteiger charge is -2.27. The maximum absolute atomic E-state index is 5.49. The Kier molecular flexibility index (Phi) is 5.19. The van der Waals surface area contributed by atoms with Crippen LogP contribution in [0.1, 0.15) is 32.8 Å². The van der Waals surface area contributed by atoms with Crippen molar-refractivity contribution >= 4 is 5.95 Å². The number of hydrogen-bond acceptors (Lipinski definition) is 4. The minimum atomic E-state index is 0.477. The first-order valence-corrected chi connectivity index (χ1v) is 6.00. The number of aromatic nitrogens is 2. The van der Waals surface area contributed by atoms with Gasteiger partial charge >= 0.3 is 0 Å². The summed E-state index contributed by atoms with van der Waals surface area (Å²) in [6.07, 6.45) is 5.69. The van der Waals surface area contributed by atoms with E-state index in [4.69, 9.17) is 5.73 Å². The zero-order chi connectivity index (χ0) is 12.0. The number of nitrogens with two attached hydrogens (primary N) is 1. The van der Waals surface area contributed by atoms with Crippen LogP contribution in [0, 0.1) is 0 Å². The Bertz CT molecular complexity index is 296. The zero-order valence-electron chi connectivity index (χ0n) is 10.5. The van der Waals surface area contributed by atoms with Gasteiger partial charge in [0, 0.05) is 25.0 Å². The highest BCUT2D eigenvalue weighted by Gasteiger charge is 2.12. The standard InChI is InChI=1S/C12H22N4/c1-4-10(3)16(5-2)12-14-8-11(6-7-13)9-15-12/h8-10H,4-7,13H2,1-3H3. The van der Waals surface area contributed by atoms with E-state index in [1.807, 2.05) is 12.4 Å². The molecule has 4 nitrogen and oxygen atoms in total. The molecule has 0 aliphatic heterocycles. The zero-order valence-corrected chi connectivity index (χ0v) is 10.5. The Morgan fingerprint density at radius 2 is 1.94 bits per heavy atom. The fraction of sp³-hybridized carbons (Fsp3) is 0.667. The van der Waals surface area contributed by atoms with Crippen LogP contribution in [0.25, 0.3) is 0 Å². The lowest BCUT2D eigenvalue weighted by molar-refractivity contribution is 0.614. The molecular formula is C12H22N4. The summed E-state index contributed by atoms with van der Waals surface area (Å²) in [7, 11) is 0. The number of nitrogens with zero attached hydrogens (tertiary/aromatic N) is 3. The average Bonchev–Trinajstić information content (AvgIpc) is 2.32. The number of hydrogen-bond donors (Lipinski definition) is 1. The van der Waals surface area contributed by atoms with Gasteiger partial charge in [-0.2, -0.15) is 0 Å². The van der Waals surface area contributed by atoms with E-state index >= 15 is 0 Å². The van der Waals surface area contributed by atoms with E-state index in [1.54, 1.807) is 0 Å². The second-order valence-electron chi connectivity index (χ2n) is 3.97. The summed E-state index contributed by atoms with van der Waals surface area (Å²) in [5, 5.41) is 0. The lowest BCUT2D eigenvalue weighted by atomic mass is 10.2. The van der Waals surface area contributed by atoms with Gasteiger partial charge in [-0.3, -0.25) is 0 Å². The molecule has 0 aliphatic rings. The molecular weight excluding hydrogens is 200 g/mol. The molecule has 90 valence electrons. The van der Waals surface area contributed by atoms with Crippen LogP contribution in [0.2, 0.25) is 0 Å². The molecule has 0 saturated carbocycles. The molecule has 0 aliphatic carbocycles.